The van der Waals surface area contributed by atoms with E-state index in [-0.39, 0.29) is 0 Å². The molecular weight excluding hydrogens is 286 g/mol. The first-order chi connectivity index (χ1) is 10.3. The number of fused-ring (bicyclic) bond motifs is 1. The minimum Gasteiger partial charge on any atom is -0.495 e. The number of hydrogen-bond acceptors (Lipinski definition) is 4. The summed E-state index contributed by atoms with van der Waals surface area (Å²) in [6, 6.07) is 11.4. The van der Waals surface area contributed by atoms with Crippen LogP contribution in [0.4, 0.5) is 5.69 Å². The van der Waals surface area contributed by atoms with Gasteiger partial charge in [0.05, 0.1) is 35.6 Å². The van der Waals surface area contributed by atoms with E-state index in [9.17, 15) is 0 Å². The average Bonchev–Trinajstić information content (AvgIpc) is 2.53. The lowest BCUT2D eigenvalue weighted by Crippen LogP contribution is -2.03. The fraction of sp³-hybridized carbons (Fsp3) is 0.125. The molecule has 0 saturated carbocycles. The molecule has 0 amide bonds. The predicted molar refractivity (Wildman–Crippen MR) is 84.9 cm³/mol. The molecule has 4 nitrogen and oxygen atoms in total. The molecule has 0 aliphatic carbocycles. The van der Waals surface area contributed by atoms with Crippen molar-refractivity contribution in [2.24, 2.45) is 0 Å². The molecule has 0 aliphatic rings. The Morgan fingerprint density at radius 3 is 2.81 bits per heavy atom. The summed E-state index contributed by atoms with van der Waals surface area (Å²) in [5.74, 6) is 0.730. The van der Waals surface area contributed by atoms with E-state index in [1.165, 1.54) is 0 Å². The summed E-state index contributed by atoms with van der Waals surface area (Å²) in [6.45, 7) is 0.614. The molecule has 1 aromatic carbocycles. The lowest BCUT2D eigenvalue weighted by molar-refractivity contribution is 0.417. The highest BCUT2D eigenvalue weighted by atomic mass is 35.5. The molecule has 5 heteroatoms. The van der Waals surface area contributed by atoms with E-state index in [1.54, 1.807) is 25.6 Å². The lowest BCUT2D eigenvalue weighted by atomic mass is 10.2. The Bertz CT molecular complexity index is 762. The van der Waals surface area contributed by atoms with Crippen LogP contribution in [0.2, 0.25) is 5.02 Å². The highest BCUT2D eigenvalue weighted by Gasteiger charge is 2.08. The topological polar surface area (TPSA) is 47.0 Å². The van der Waals surface area contributed by atoms with Crippen molar-refractivity contribution in [2.45, 2.75) is 6.54 Å². The zero-order valence-electron chi connectivity index (χ0n) is 11.5. The van der Waals surface area contributed by atoms with Gasteiger partial charge >= 0.3 is 0 Å². The third kappa shape index (κ3) is 2.90. The molecule has 0 radical (unpaired) electrons. The van der Waals surface area contributed by atoms with Gasteiger partial charge in [0, 0.05) is 17.8 Å². The number of aromatic nitrogens is 2. The van der Waals surface area contributed by atoms with Gasteiger partial charge in [-0.05, 0) is 30.3 Å². The highest BCUT2D eigenvalue weighted by molar-refractivity contribution is 6.35. The first-order valence-electron chi connectivity index (χ1n) is 6.54. The number of nitrogens with zero attached hydrogens (tertiary/aromatic N) is 2. The van der Waals surface area contributed by atoms with Crippen LogP contribution in [0.3, 0.4) is 0 Å². The number of hydrogen-bond donors (Lipinski definition) is 1. The number of anilines is 1. The molecule has 2 aromatic heterocycles. The van der Waals surface area contributed by atoms with Crippen molar-refractivity contribution in [1.29, 1.82) is 0 Å². The summed E-state index contributed by atoms with van der Waals surface area (Å²) in [5.41, 5.74) is 2.65. The van der Waals surface area contributed by atoms with E-state index in [1.807, 2.05) is 30.3 Å². The number of rotatable bonds is 4. The van der Waals surface area contributed by atoms with Crippen LogP contribution in [0.25, 0.3) is 10.9 Å². The van der Waals surface area contributed by atoms with Gasteiger partial charge in [-0.3, -0.25) is 9.97 Å². The number of halogens is 1. The van der Waals surface area contributed by atoms with Crippen molar-refractivity contribution in [3.63, 3.8) is 0 Å². The number of pyridine rings is 2. The summed E-state index contributed by atoms with van der Waals surface area (Å²) >= 11 is 6.19. The van der Waals surface area contributed by atoms with Crippen LogP contribution in [0.5, 0.6) is 5.75 Å². The average molecular weight is 300 g/mol. The van der Waals surface area contributed by atoms with E-state index in [0.717, 1.165) is 28.0 Å². The van der Waals surface area contributed by atoms with Gasteiger partial charge in [-0.15, -0.1) is 0 Å². The Hall–Kier alpha value is -2.33. The first-order valence-corrected chi connectivity index (χ1v) is 6.92. The molecule has 0 fully saturated rings. The molecular formula is C16H14ClN3O. The molecule has 2 heterocycles. The molecule has 21 heavy (non-hydrogen) atoms. The zero-order chi connectivity index (χ0) is 14.7. The van der Waals surface area contributed by atoms with Crippen LogP contribution >= 0.6 is 11.6 Å². The van der Waals surface area contributed by atoms with Gasteiger partial charge in [0.25, 0.3) is 0 Å². The second-order valence-corrected chi connectivity index (χ2v) is 4.94. The third-order valence-electron chi connectivity index (χ3n) is 3.20. The van der Waals surface area contributed by atoms with Crippen molar-refractivity contribution >= 4 is 28.2 Å². The van der Waals surface area contributed by atoms with Gasteiger partial charge in [-0.2, -0.15) is 0 Å². The van der Waals surface area contributed by atoms with Gasteiger partial charge < -0.3 is 10.1 Å². The molecule has 106 valence electrons. The Morgan fingerprint density at radius 1 is 1.14 bits per heavy atom. The number of benzene rings is 1. The Balaban J connectivity index is 1.94. The molecule has 3 rings (SSSR count). The monoisotopic (exact) mass is 299 g/mol. The maximum Gasteiger partial charge on any atom is 0.142 e. The van der Waals surface area contributed by atoms with E-state index in [0.29, 0.717) is 11.6 Å². The van der Waals surface area contributed by atoms with Crippen LogP contribution in [0.1, 0.15) is 5.69 Å². The van der Waals surface area contributed by atoms with Gasteiger partial charge in [0.1, 0.15) is 5.75 Å². The largest absolute Gasteiger partial charge is 0.495 e. The highest BCUT2D eigenvalue weighted by Crippen LogP contribution is 2.32. The first kappa shape index (κ1) is 13.6. The fourth-order valence-electron chi connectivity index (χ4n) is 2.13. The molecule has 0 aliphatic heterocycles. The number of ether oxygens (including phenoxy) is 1. The smallest absolute Gasteiger partial charge is 0.142 e. The molecule has 1 N–H and O–H groups in total. The second kappa shape index (κ2) is 5.97. The predicted octanol–water partition coefficient (Wildman–Crippen LogP) is 3.90. The number of nitrogens with one attached hydrogen (secondary N) is 1. The van der Waals surface area contributed by atoms with E-state index in [2.05, 4.69) is 15.3 Å². The van der Waals surface area contributed by atoms with Crippen LogP contribution in [-0.4, -0.2) is 17.1 Å². The quantitative estimate of drug-likeness (QED) is 0.793. The summed E-state index contributed by atoms with van der Waals surface area (Å²) in [4.78, 5) is 8.62. The second-order valence-electron chi connectivity index (χ2n) is 4.54. The standard InChI is InChI=1S/C16H14ClN3O/c1-21-16-8-12-13(17)5-7-19-14(12)9-15(16)20-10-11-4-2-3-6-18-11/h2-9,20H,10H2,1H3. The SMILES string of the molecule is COc1cc2c(Cl)ccnc2cc1NCc1ccccn1. The van der Waals surface area contributed by atoms with Crippen LogP contribution in [-0.2, 0) is 6.54 Å². The maximum absolute atomic E-state index is 6.19. The molecule has 0 atom stereocenters. The zero-order valence-corrected chi connectivity index (χ0v) is 12.3. The minimum atomic E-state index is 0.614. The lowest BCUT2D eigenvalue weighted by Gasteiger charge is -2.12. The van der Waals surface area contributed by atoms with Crippen molar-refractivity contribution in [2.75, 3.05) is 12.4 Å². The van der Waals surface area contributed by atoms with Gasteiger partial charge in [-0.1, -0.05) is 17.7 Å². The van der Waals surface area contributed by atoms with E-state index >= 15 is 0 Å². The maximum atomic E-state index is 6.19. The van der Waals surface area contributed by atoms with Crippen molar-refractivity contribution in [3.8, 4) is 5.75 Å². The molecule has 3 aromatic rings. The number of methoxy groups -OCH3 is 1. The van der Waals surface area contributed by atoms with E-state index in [4.69, 9.17) is 16.3 Å². The Morgan fingerprint density at radius 2 is 2.05 bits per heavy atom. The van der Waals surface area contributed by atoms with Crippen molar-refractivity contribution < 1.29 is 4.74 Å². The molecule has 0 bridgehead atoms. The van der Waals surface area contributed by atoms with Gasteiger partial charge in [0.2, 0.25) is 0 Å². The normalized spacial score (nSPS) is 10.6. The summed E-state index contributed by atoms with van der Waals surface area (Å²) in [5, 5.41) is 4.86. The van der Waals surface area contributed by atoms with Crippen LogP contribution in [0, 0.1) is 0 Å². The molecule has 0 unspecified atom stereocenters. The molecule has 0 saturated heterocycles. The third-order valence-corrected chi connectivity index (χ3v) is 3.53. The summed E-state index contributed by atoms with van der Waals surface area (Å²) < 4.78 is 5.43. The van der Waals surface area contributed by atoms with Crippen molar-refractivity contribution in [1.82, 2.24) is 9.97 Å². The van der Waals surface area contributed by atoms with Gasteiger partial charge in [0.15, 0.2) is 0 Å². The van der Waals surface area contributed by atoms with Crippen LogP contribution < -0.4 is 10.1 Å². The Kier molecular flexibility index (Phi) is 3.88. The fourth-order valence-corrected chi connectivity index (χ4v) is 2.34. The van der Waals surface area contributed by atoms with Gasteiger partial charge in [-0.25, -0.2) is 0 Å². The minimum absolute atomic E-state index is 0.614. The van der Waals surface area contributed by atoms with Crippen LogP contribution in [0.15, 0.2) is 48.8 Å². The van der Waals surface area contributed by atoms with E-state index < -0.39 is 0 Å². The Labute approximate surface area is 127 Å². The summed E-state index contributed by atoms with van der Waals surface area (Å²) in [6.07, 6.45) is 3.47. The summed E-state index contributed by atoms with van der Waals surface area (Å²) in [7, 11) is 1.64. The van der Waals surface area contributed by atoms with Crippen molar-refractivity contribution in [3.05, 3.63) is 59.5 Å². The molecule has 0 spiro atoms.